The number of benzene rings is 2. The van der Waals surface area contributed by atoms with E-state index in [9.17, 15) is 8.78 Å². The van der Waals surface area contributed by atoms with Gasteiger partial charge in [-0.3, -0.25) is 4.40 Å². The molecule has 0 N–H and O–H groups in total. The fourth-order valence-electron chi connectivity index (χ4n) is 3.15. The van der Waals surface area contributed by atoms with Crippen LogP contribution in [0.15, 0.2) is 60.8 Å². The maximum absolute atomic E-state index is 13.8. The maximum atomic E-state index is 13.8. The zero-order valence-electron chi connectivity index (χ0n) is 15.0. The molecule has 4 aromatic rings. The summed E-state index contributed by atoms with van der Waals surface area (Å²) in [5, 5.41) is 0. The van der Waals surface area contributed by atoms with Crippen molar-refractivity contribution < 1.29 is 13.5 Å². The lowest BCUT2D eigenvalue weighted by Gasteiger charge is -2.10. The Hall–Kier alpha value is -3.21. The first-order valence-corrected chi connectivity index (χ1v) is 8.65. The summed E-state index contributed by atoms with van der Waals surface area (Å²) in [5.74, 6) is -0.773. The third-order valence-corrected chi connectivity index (χ3v) is 4.55. The van der Waals surface area contributed by atoms with Gasteiger partial charge in [-0.25, -0.2) is 13.8 Å². The molecule has 4 rings (SSSR count). The molecule has 2 heterocycles. The SMILES string of the molecule is Cc1ccc(-c2c(C)nc3c(OCc4c(F)cccc4F)cccn23)cc1. The summed E-state index contributed by atoms with van der Waals surface area (Å²) in [6.07, 6.45) is 1.90. The Labute approximate surface area is 155 Å². The first-order valence-electron chi connectivity index (χ1n) is 8.65. The minimum atomic E-state index is -0.623. The molecule has 0 saturated heterocycles. The van der Waals surface area contributed by atoms with Crippen molar-refractivity contribution in [1.82, 2.24) is 9.38 Å². The number of rotatable bonds is 4. The van der Waals surface area contributed by atoms with E-state index < -0.39 is 11.6 Å². The molecule has 27 heavy (non-hydrogen) atoms. The summed E-state index contributed by atoms with van der Waals surface area (Å²) < 4.78 is 35.4. The number of pyridine rings is 1. The molecule has 0 radical (unpaired) electrons. The van der Waals surface area contributed by atoms with Crippen molar-refractivity contribution in [2.75, 3.05) is 0 Å². The highest BCUT2D eigenvalue weighted by Gasteiger charge is 2.15. The summed E-state index contributed by atoms with van der Waals surface area (Å²) in [6, 6.07) is 15.6. The standard InChI is InChI=1S/C22H18F2N2O/c1-14-8-10-16(11-9-14)21-15(2)25-22-20(7-4-12-26(21)22)27-13-17-18(23)5-3-6-19(17)24/h3-12H,13H2,1-2H3. The number of nitrogens with zero attached hydrogens (tertiary/aromatic N) is 2. The Balaban J connectivity index is 1.73. The molecule has 0 atom stereocenters. The van der Waals surface area contributed by atoms with Crippen LogP contribution < -0.4 is 4.74 Å². The zero-order valence-corrected chi connectivity index (χ0v) is 15.0. The molecule has 2 aromatic heterocycles. The predicted octanol–water partition coefficient (Wildman–Crippen LogP) is 5.48. The molecule has 0 aliphatic heterocycles. The van der Waals surface area contributed by atoms with Crippen molar-refractivity contribution in [1.29, 1.82) is 0 Å². The molecule has 0 amide bonds. The van der Waals surface area contributed by atoms with Gasteiger partial charge in [-0.1, -0.05) is 35.9 Å². The number of hydrogen-bond donors (Lipinski definition) is 0. The number of ether oxygens (including phenoxy) is 1. The van der Waals surface area contributed by atoms with Crippen LogP contribution in [0.3, 0.4) is 0 Å². The lowest BCUT2D eigenvalue weighted by atomic mass is 10.1. The van der Waals surface area contributed by atoms with Gasteiger partial charge in [0.05, 0.1) is 17.0 Å². The molecule has 2 aromatic carbocycles. The highest BCUT2D eigenvalue weighted by Crippen LogP contribution is 2.29. The average molecular weight is 364 g/mol. The van der Waals surface area contributed by atoms with Crippen LogP contribution >= 0.6 is 0 Å². The van der Waals surface area contributed by atoms with E-state index in [1.165, 1.54) is 23.8 Å². The number of halogens is 2. The average Bonchev–Trinajstić information content (AvgIpc) is 2.99. The molecule has 0 aliphatic carbocycles. The summed E-state index contributed by atoms with van der Waals surface area (Å²) in [6.45, 7) is 3.77. The topological polar surface area (TPSA) is 26.5 Å². The van der Waals surface area contributed by atoms with Crippen LogP contribution in [0.1, 0.15) is 16.8 Å². The van der Waals surface area contributed by atoms with Crippen LogP contribution in [0, 0.1) is 25.5 Å². The molecular weight excluding hydrogens is 346 g/mol. The lowest BCUT2D eigenvalue weighted by molar-refractivity contribution is 0.294. The largest absolute Gasteiger partial charge is 0.485 e. The summed E-state index contributed by atoms with van der Waals surface area (Å²) in [5.41, 5.74) is 4.56. The molecule has 0 unspecified atom stereocenters. The monoisotopic (exact) mass is 364 g/mol. The Kier molecular flexibility index (Phi) is 4.36. The van der Waals surface area contributed by atoms with Crippen molar-refractivity contribution in [3.8, 4) is 17.0 Å². The van der Waals surface area contributed by atoms with E-state index in [1.54, 1.807) is 6.07 Å². The molecule has 0 bridgehead atoms. The molecule has 3 nitrogen and oxygen atoms in total. The normalized spacial score (nSPS) is 11.1. The highest BCUT2D eigenvalue weighted by atomic mass is 19.1. The minimum absolute atomic E-state index is 0.0958. The van der Waals surface area contributed by atoms with Gasteiger partial charge in [0.15, 0.2) is 11.4 Å². The Morgan fingerprint density at radius 1 is 0.926 bits per heavy atom. The predicted molar refractivity (Wildman–Crippen MR) is 101 cm³/mol. The second-order valence-electron chi connectivity index (χ2n) is 6.47. The molecule has 0 fully saturated rings. The van der Waals surface area contributed by atoms with Gasteiger partial charge in [0.2, 0.25) is 0 Å². The summed E-state index contributed by atoms with van der Waals surface area (Å²) in [7, 11) is 0. The van der Waals surface area contributed by atoms with E-state index in [2.05, 4.69) is 17.1 Å². The van der Waals surface area contributed by atoms with Crippen molar-refractivity contribution in [3.63, 3.8) is 0 Å². The zero-order chi connectivity index (χ0) is 19.0. The van der Waals surface area contributed by atoms with Crippen molar-refractivity contribution >= 4 is 5.65 Å². The van der Waals surface area contributed by atoms with Crippen LogP contribution in [0.25, 0.3) is 16.9 Å². The Morgan fingerprint density at radius 3 is 2.33 bits per heavy atom. The summed E-state index contributed by atoms with van der Waals surface area (Å²) in [4.78, 5) is 4.62. The smallest absolute Gasteiger partial charge is 0.180 e. The van der Waals surface area contributed by atoms with Gasteiger partial charge < -0.3 is 4.74 Å². The van der Waals surface area contributed by atoms with E-state index in [0.717, 1.165) is 17.0 Å². The van der Waals surface area contributed by atoms with Gasteiger partial charge in [0, 0.05) is 11.8 Å². The van der Waals surface area contributed by atoms with Crippen molar-refractivity contribution in [2.24, 2.45) is 0 Å². The van der Waals surface area contributed by atoms with Gasteiger partial charge in [-0.2, -0.15) is 0 Å². The van der Waals surface area contributed by atoms with Crippen molar-refractivity contribution in [2.45, 2.75) is 20.5 Å². The number of imidazole rings is 1. The lowest BCUT2D eigenvalue weighted by Crippen LogP contribution is -2.03. The fourth-order valence-corrected chi connectivity index (χ4v) is 3.15. The van der Waals surface area contributed by atoms with Crippen LogP contribution in [0.5, 0.6) is 5.75 Å². The van der Waals surface area contributed by atoms with E-state index in [1.807, 2.05) is 42.6 Å². The second kappa shape index (κ2) is 6.83. The van der Waals surface area contributed by atoms with E-state index >= 15 is 0 Å². The van der Waals surface area contributed by atoms with Gasteiger partial charge in [0.25, 0.3) is 0 Å². The molecule has 136 valence electrons. The van der Waals surface area contributed by atoms with E-state index in [0.29, 0.717) is 11.4 Å². The third-order valence-electron chi connectivity index (χ3n) is 4.55. The highest BCUT2D eigenvalue weighted by molar-refractivity contribution is 5.70. The maximum Gasteiger partial charge on any atom is 0.180 e. The molecule has 5 heteroatoms. The van der Waals surface area contributed by atoms with Gasteiger partial charge in [0.1, 0.15) is 18.2 Å². The Bertz CT molecular complexity index is 1100. The van der Waals surface area contributed by atoms with E-state index in [-0.39, 0.29) is 12.2 Å². The third kappa shape index (κ3) is 3.16. The first-order chi connectivity index (χ1) is 13.0. The van der Waals surface area contributed by atoms with E-state index in [4.69, 9.17) is 4.74 Å². The van der Waals surface area contributed by atoms with Crippen LogP contribution in [0.2, 0.25) is 0 Å². The second-order valence-corrected chi connectivity index (χ2v) is 6.47. The minimum Gasteiger partial charge on any atom is -0.485 e. The number of hydrogen-bond acceptors (Lipinski definition) is 2. The fraction of sp³-hybridized carbons (Fsp3) is 0.136. The Morgan fingerprint density at radius 2 is 1.63 bits per heavy atom. The number of aromatic nitrogens is 2. The first kappa shape index (κ1) is 17.2. The van der Waals surface area contributed by atoms with Crippen LogP contribution in [-0.4, -0.2) is 9.38 Å². The van der Waals surface area contributed by atoms with Crippen molar-refractivity contribution in [3.05, 3.63) is 89.2 Å². The quantitative estimate of drug-likeness (QED) is 0.480. The van der Waals surface area contributed by atoms with Gasteiger partial charge in [-0.05, 0) is 38.1 Å². The van der Waals surface area contributed by atoms with Gasteiger partial charge >= 0.3 is 0 Å². The number of aryl methyl sites for hydroxylation is 2. The molecular formula is C22H18F2N2O. The van der Waals surface area contributed by atoms with Crippen LogP contribution in [0.4, 0.5) is 8.78 Å². The summed E-state index contributed by atoms with van der Waals surface area (Å²) >= 11 is 0. The molecule has 0 aliphatic rings. The van der Waals surface area contributed by atoms with Gasteiger partial charge in [-0.15, -0.1) is 0 Å². The van der Waals surface area contributed by atoms with Crippen LogP contribution in [-0.2, 0) is 6.61 Å². The molecule has 0 spiro atoms. The number of fused-ring (bicyclic) bond motifs is 1. The molecule has 0 saturated carbocycles.